The van der Waals surface area contributed by atoms with Crippen LogP contribution in [0.15, 0.2) is 53.0 Å². The molecule has 172 valence electrons. The van der Waals surface area contributed by atoms with E-state index in [-0.39, 0.29) is 11.8 Å². The Hall–Kier alpha value is -3.21. The lowest BCUT2D eigenvalue weighted by Crippen LogP contribution is -2.33. The molecule has 2 aromatic rings. The zero-order chi connectivity index (χ0) is 23.2. The normalized spacial score (nSPS) is 15.1. The molecule has 2 aliphatic rings. The molecule has 33 heavy (non-hydrogen) atoms. The summed E-state index contributed by atoms with van der Waals surface area (Å²) in [6.07, 6.45) is 8.47. The summed E-state index contributed by atoms with van der Waals surface area (Å²) in [4.78, 5) is 34.2. The minimum absolute atomic E-state index is 0.111. The summed E-state index contributed by atoms with van der Waals surface area (Å²) in [5.74, 6) is 0.230. The van der Waals surface area contributed by atoms with Gasteiger partial charge in [-0.2, -0.15) is 0 Å². The van der Waals surface area contributed by atoms with Crippen molar-refractivity contribution < 1.29 is 9.59 Å². The average Bonchev–Trinajstić information content (AvgIpc) is 3.30. The van der Waals surface area contributed by atoms with Gasteiger partial charge in [0, 0.05) is 55.5 Å². The van der Waals surface area contributed by atoms with Crippen molar-refractivity contribution in [2.75, 3.05) is 26.2 Å². The van der Waals surface area contributed by atoms with E-state index in [1.54, 1.807) is 0 Å². The van der Waals surface area contributed by atoms with Crippen LogP contribution in [0.1, 0.15) is 61.9 Å². The van der Waals surface area contributed by atoms with Crippen LogP contribution in [0.5, 0.6) is 0 Å². The highest BCUT2D eigenvalue weighted by Gasteiger charge is 2.20. The molecular formula is C28H33N3O2. The first-order chi connectivity index (χ1) is 16.1. The number of likely N-dealkylation sites (tertiary alicyclic amines) is 1. The Morgan fingerprint density at radius 1 is 0.939 bits per heavy atom. The molecule has 0 bridgehead atoms. The zero-order valence-electron chi connectivity index (χ0n) is 19.7. The van der Waals surface area contributed by atoms with Crippen molar-refractivity contribution >= 4 is 29.8 Å². The Balaban J connectivity index is 1.54. The van der Waals surface area contributed by atoms with Gasteiger partial charge in [-0.25, -0.2) is 0 Å². The van der Waals surface area contributed by atoms with E-state index in [1.165, 1.54) is 0 Å². The average molecular weight is 444 g/mol. The van der Waals surface area contributed by atoms with Crippen LogP contribution >= 0.6 is 0 Å². The molecule has 0 atom stereocenters. The standard InChI is InChI=1S/C28H33N3O2/c1-3-15-30(16-4-2)28(33)25-13-14-29-26-20-23(11-12-24(26)19-25)21-7-9-22(10-8-21)27(32)31-17-5-6-18-31/h7-12,14,19-20H,3-6,13,15-18H2,1-2H3. The van der Waals surface area contributed by atoms with Gasteiger partial charge in [0.2, 0.25) is 5.91 Å². The fourth-order valence-electron chi connectivity index (χ4n) is 4.56. The molecule has 4 rings (SSSR count). The summed E-state index contributed by atoms with van der Waals surface area (Å²) < 4.78 is 0. The van der Waals surface area contributed by atoms with E-state index < -0.39 is 0 Å². The Morgan fingerprint density at radius 3 is 2.27 bits per heavy atom. The number of nitrogens with zero attached hydrogens (tertiary/aromatic N) is 3. The summed E-state index contributed by atoms with van der Waals surface area (Å²) in [7, 11) is 0. The predicted molar refractivity (Wildman–Crippen MR) is 135 cm³/mol. The topological polar surface area (TPSA) is 53.0 Å². The minimum atomic E-state index is 0.111. The largest absolute Gasteiger partial charge is 0.339 e. The maximum absolute atomic E-state index is 13.1. The Labute approximate surface area is 196 Å². The number of carbonyl (C=O) groups excluding carboxylic acids is 2. The second-order valence-electron chi connectivity index (χ2n) is 8.83. The van der Waals surface area contributed by atoms with Crippen LogP contribution in [0.4, 0.5) is 5.69 Å². The first-order valence-electron chi connectivity index (χ1n) is 12.2. The molecule has 2 heterocycles. The molecule has 1 saturated heterocycles. The second-order valence-corrected chi connectivity index (χ2v) is 8.83. The fraction of sp³-hybridized carbons (Fsp3) is 0.393. The molecule has 0 saturated carbocycles. The minimum Gasteiger partial charge on any atom is -0.339 e. The molecule has 5 nitrogen and oxygen atoms in total. The van der Waals surface area contributed by atoms with E-state index in [0.717, 1.165) is 85.4 Å². The monoisotopic (exact) mass is 443 g/mol. The Bertz CT molecular complexity index is 1060. The van der Waals surface area contributed by atoms with Crippen molar-refractivity contribution in [2.45, 2.75) is 46.0 Å². The lowest BCUT2D eigenvalue weighted by atomic mass is 9.99. The van der Waals surface area contributed by atoms with Crippen LogP contribution in [0.3, 0.4) is 0 Å². The summed E-state index contributed by atoms with van der Waals surface area (Å²) in [6, 6.07) is 14.0. The molecule has 2 aliphatic heterocycles. The van der Waals surface area contributed by atoms with Gasteiger partial charge in [0.05, 0.1) is 5.69 Å². The lowest BCUT2D eigenvalue weighted by Gasteiger charge is -2.22. The molecule has 2 amide bonds. The predicted octanol–water partition coefficient (Wildman–Crippen LogP) is 5.73. The fourth-order valence-corrected chi connectivity index (χ4v) is 4.56. The lowest BCUT2D eigenvalue weighted by molar-refractivity contribution is -0.127. The number of benzene rings is 2. The van der Waals surface area contributed by atoms with Gasteiger partial charge in [-0.3, -0.25) is 14.6 Å². The van der Waals surface area contributed by atoms with E-state index in [2.05, 4.69) is 31.0 Å². The molecular weight excluding hydrogens is 410 g/mol. The number of carbonyl (C=O) groups is 2. The maximum atomic E-state index is 13.1. The van der Waals surface area contributed by atoms with E-state index in [9.17, 15) is 9.59 Å². The van der Waals surface area contributed by atoms with Gasteiger partial charge >= 0.3 is 0 Å². The number of fused-ring (bicyclic) bond motifs is 1. The van der Waals surface area contributed by atoms with Crippen molar-refractivity contribution in [1.82, 2.24) is 9.80 Å². The van der Waals surface area contributed by atoms with E-state index in [4.69, 9.17) is 0 Å². The highest BCUT2D eigenvalue weighted by atomic mass is 16.2. The third-order valence-electron chi connectivity index (χ3n) is 6.31. The third-order valence-corrected chi connectivity index (χ3v) is 6.31. The number of amides is 2. The van der Waals surface area contributed by atoms with Crippen LogP contribution in [0.25, 0.3) is 17.2 Å². The first-order valence-corrected chi connectivity index (χ1v) is 12.2. The van der Waals surface area contributed by atoms with Crippen LogP contribution in [-0.4, -0.2) is 54.0 Å². The molecule has 2 aromatic carbocycles. The van der Waals surface area contributed by atoms with Gasteiger partial charge in [-0.05, 0) is 61.1 Å². The van der Waals surface area contributed by atoms with Gasteiger partial charge in [0.1, 0.15) is 0 Å². The van der Waals surface area contributed by atoms with Gasteiger partial charge in [-0.1, -0.05) is 38.1 Å². The van der Waals surface area contributed by atoms with Gasteiger partial charge in [0.15, 0.2) is 0 Å². The van der Waals surface area contributed by atoms with Crippen LogP contribution in [0, 0.1) is 0 Å². The first kappa shape index (κ1) is 23.0. The molecule has 0 spiro atoms. The summed E-state index contributed by atoms with van der Waals surface area (Å²) in [5, 5.41) is 0. The Morgan fingerprint density at radius 2 is 1.61 bits per heavy atom. The molecule has 5 heteroatoms. The second kappa shape index (κ2) is 10.6. The van der Waals surface area contributed by atoms with Crippen molar-refractivity contribution in [1.29, 1.82) is 0 Å². The molecule has 0 N–H and O–H groups in total. The SMILES string of the molecule is CCCN(CCC)C(=O)C1=Cc2ccc(-c3ccc(C(=O)N4CCCC4)cc3)cc2N=CC1. The number of hydrogen-bond acceptors (Lipinski definition) is 3. The van der Waals surface area contributed by atoms with Crippen molar-refractivity contribution in [2.24, 2.45) is 4.99 Å². The third kappa shape index (κ3) is 5.24. The van der Waals surface area contributed by atoms with Crippen molar-refractivity contribution in [3.05, 3.63) is 59.2 Å². The Kier molecular flexibility index (Phi) is 7.38. The van der Waals surface area contributed by atoms with Gasteiger partial charge in [-0.15, -0.1) is 0 Å². The summed E-state index contributed by atoms with van der Waals surface area (Å²) in [6.45, 7) is 7.48. The molecule has 0 unspecified atom stereocenters. The number of rotatable bonds is 7. The van der Waals surface area contributed by atoms with Crippen LogP contribution in [-0.2, 0) is 4.79 Å². The van der Waals surface area contributed by atoms with Crippen molar-refractivity contribution in [3.8, 4) is 11.1 Å². The summed E-state index contributed by atoms with van der Waals surface area (Å²) >= 11 is 0. The van der Waals surface area contributed by atoms with Gasteiger partial charge < -0.3 is 9.80 Å². The van der Waals surface area contributed by atoms with E-state index in [1.807, 2.05) is 52.4 Å². The molecule has 0 aromatic heterocycles. The van der Waals surface area contributed by atoms with Crippen LogP contribution < -0.4 is 0 Å². The van der Waals surface area contributed by atoms with E-state index >= 15 is 0 Å². The quantitative estimate of drug-likeness (QED) is 0.549. The van der Waals surface area contributed by atoms with E-state index in [0.29, 0.717) is 6.42 Å². The summed E-state index contributed by atoms with van der Waals surface area (Å²) in [5.41, 5.74) is 5.45. The molecule has 0 radical (unpaired) electrons. The maximum Gasteiger partial charge on any atom is 0.253 e. The zero-order valence-corrected chi connectivity index (χ0v) is 19.7. The van der Waals surface area contributed by atoms with Gasteiger partial charge in [0.25, 0.3) is 5.91 Å². The van der Waals surface area contributed by atoms with Crippen LogP contribution in [0.2, 0.25) is 0 Å². The number of aliphatic imine (C=N–C) groups is 1. The highest BCUT2D eigenvalue weighted by molar-refractivity contribution is 6.02. The highest BCUT2D eigenvalue weighted by Crippen LogP contribution is 2.31. The van der Waals surface area contributed by atoms with Crippen molar-refractivity contribution in [3.63, 3.8) is 0 Å². The number of hydrogen-bond donors (Lipinski definition) is 0. The molecule has 0 aliphatic carbocycles. The molecule has 1 fully saturated rings. The smallest absolute Gasteiger partial charge is 0.253 e.